The van der Waals surface area contributed by atoms with E-state index in [-0.39, 0.29) is 31.1 Å². The minimum atomic E-state index is -0.790. The predicted octanol–water partition coefficient (Wildman–Crippen LogP) is 22.5. The predicted molar refractivity (Wildman–Crippen MR) is 330 cm³/mol. The Morgan fingerprint density at radius 3 is 0.789 bits per heavy atom. The van der Waals surface area contributed by atoms with Crippen LogP contribution in [0.1, 0.15) is 335 Å². The summed E-state index contributed by atoms with van der Waals surface area (Å²) in [4.78, 5) is 38.3. The molecule has 6 heteroatoms. The minimum Gasteiger partial charge on any atom is -0.462 e. The second-order valence-corrected chi connectivity index (χ2v) is 22.0. The van der Waals surface area contributed by atoms with Gasteiger partial charge >= 0.3 is 17.9 Å². The second kappa shape index (κ2) is 64.4. The Balaban J connectivity index is 4.35. The molecule has 0 aliphatic rings. The Hall–Kier alpha value is -3.15. The summed E-state index contributed by atoms with van der Waals surface area (Å²) in [6.07, 6.45) is 83.4. The van der Waals surface area contributed by atoms with E-state index in [4.69, 9.17) is 14.2 Å². The van der Waals surface area contributed by atoms with Crippen molar-refractivity contribution >= 4 is 17.9 Å². The Labute approximate surface area is 472 Å². The third-order valence-corrected chi connectivity index (χ3v) is 14.4. The van der Waals surface area contributed by atoms with E-state index in [1.165, 1.54) is 193 Å². The van der Waals surface area contributed by atoms with Crippen LogP contribution in [-0.4, -0.2) is 37.2 Å². The van der Waals surface area contributed by atoms with Crippen LogP contribution in [0.2, 0.25) is 0 Å². The summed E-state index contributed by atoms with van der Waals surface area (Å²) >= 11 is 0. The summed E-state index contributed by atoms with van der Waals surface area (Å²) in [7, 11) is 0. The first-order valence-corrected chi connectivity index (χ1v) is 32.9. The maximum absolute atomic E-state index is 12.9. The number of ether oxygens (including phenoxy) is 3. The molecule has 0 radical (unpaired) electrons. The fraction of sp³-hybridized carbons (Fsp3) is 0.786. The highest BCUT2D eigenvalue weighted by Gasteiger charge is 2.19. The van der Waals surface area contributed by atoms with Crippen LogP contribution in [0.4, 0.5) is 0 Å². The van der Waals surface area contributed by atoms with Gasteiger partial charge in [-0.15, -0.1) is 0 Å². The maximum atomic E-state index is 12.9. The van der Waals surface area contributed by atoms with E-state index in [0.717, 1.165) is 103 Å². The van der Waals surface area contributed by atoms with Crippen molar-refractivity contribution in [2.45, 2.75) is 341 Å². The van der Waals surface area contributed by atoms with Crippen molar-refractivity contribution < 1.29 is 28.6 Å². The van der Waals surface area contributed by atoms with Crippen molar-refractivity contribution in [3.8, 4) is 0 Å². The summed E-state index contributed by atoms with van der Waals surface area (Å²) in [6, 6.07) is 0. The molecule has 0 amide bonds. The maximum Gasteiger partial charge on any atom is 0.306 e. The lowest BCUT2D eigenvalue weighted by molar-refractivity contribution is -0.167. The van der Waals surface area contributed by atoms with Gasteiger partial charge in [0, 0.05) is 19.3 Å². The van der Waals surface area contributed by atoms with E-state index in [1.807, 2.05) is 0 Å². The van der Waals surface area contributed by atoms with Crippen LogP contribution in [-0.2, 0) is 28.6 Å². The first-order chi connectivity index (χ1) is 37.5. The smallest absolute Gasteiger partial charge is 0.306 e. The normalized spacial score (nSPS) is 12.5. The molecule has 0 fully saturated rings. The number of carbonyl (C=O) groups is 3. The van der Waals surface area contributed by atoms with E-state index in [9.17, 15) is 14.4 Å². The van der Waals surface area contributed by atoms with Gasteiger partial charge in [0.1, 0.15) is 13.2 Å². The molecule has 0 aliphatic carbocycles. The third kappa shape index (κ3) is 61.7. The van der Waals surface area contributed by atoms with E-state index < -0.39 is 6.10 Å². The number of allylic oxidation sites excluding steroid dienone is 12. The second-order valence-electron chi connectivity index (χ2n) is 22.0. The summed E-state index contributed by atoms with van der Waals surface area (Å²) in [5.74, 6) is -0.898. The summed E-state index contributed by atoms with van der Waals surface area (Å²) in [5.41, 5.74) is 0. The molecule has 6 nitrogen and oxygen atoms in total. The molecule has 0 aromatic rings. The van der Waals surface area contributed by atoms with E-state index in [0.29, 0.717) is 19.3 Å². The van der Waals surface area contributed by atoms with Crippen molar-refractivity contribution in [3.05, 3.63) is 72.9 Å². The fourth-order valence-corrected chi connectivity index (χ4v) is 9.40. The fourth-order valence-electron chi connectivity index (χ4n) is 9.40. The highest BCUT2D eigenvalue weighted by molar-refractivity contribution is 5.71. The molecule has 0 saturated carbocycles. The summed E-state index contributed by atoms with van der Waals surface area (Å²) in [5, 5.41) is 0. The molecule has 0 bridgehead atoms. The zero-order chi connectivity index (χ0) is 55.0. The van der Waals surface area contributed by atoms with Crippen molar-refractivity contribution in [1.29, 1.82) is 0 Å². The van der Waals surface area contributed by atoms with E-state index in [1.54, 1.807) is 0 Å². The SMILES string of the molecule is CCCC/C=C\C/C=C\CCCCCCCC(=O)OCC(COC(=O)CCCCCCCCCCCCC/C=C\CCCCCCCCCC)OC(=O)CCCCCCCC/C=C\C/C=C\C/C=C\CCCCCCC. The standard InChI is InChI=1S/C70H124O6/c1-4-7-10-13-16-19-22-25-28-30-32-34-35-37-38-40-42-45-48-51-54-57-60-63-69(72)75-66-67(65-74-68(71)62-59-56-53-50-47-44-27-24-21-18-15-12-9-6-3)76-70(73)64-61-58-55-52-49-46-43-41-39-36-33-31-29-26-23-20-17-14-11-8-5-2/h15,18,23-24,26-27,30-33,39,41,67H,4-14,16-17,19-22,25,28-29,34-38,40,42-66H2,1-3H3/b18-15-,26-23-,27-24-,32-30-,33-31-,41-39-. The molecule has 0 spiro atoms. The highest BCUT2D eigenvalue weighted by atomic mass is 16.6. The third-order valence-electron chi connectivity index (χ3n) is 14.4. The van der Waals surface area contributed by atoms with Gasteiger partial charge in [0.15, 0.2) is 6.10 Å². The first kappa shape index (κ1) is 72.8. The zero-order valence-electron chi connectivity index (χ0n) is 50.5. The van der Waals surface area contributed by atoms with Gasteiger partial charge in [0.05, 0.1) is 0 Å². The van der Waals surface area contributed by atoms with Gasteiger partial charge in [-0.25, -0.2) is 0 Å². The molecule has 0 N–H and O–H groups in total. The van der Waals surface area contributed by atoms with Crippen LogP contribution in [0.5, 0.6) is 0 Å². The molecular weight excluding hydrogens is 937 g/mol. The Bertz CT molecular complexity index is 1400. The zero-order valence-corrected chi connectivity index (χ0v) is 50.5. The topological polar surface area (TPSA) is 78.9 Å². The first-order valence-electron chi connectivity index (χ1n) is 32.9. The van der Waals surface area contributed by atoms with Crippen molar-refractivity contribution in [1.82, 2.24) is 0 Å². The van der Waals surface area contributed by atoms with Crippen LogP contribution < -0.4 is 0 Å². The number of unbranched alkanes of at least 4 members (excludes halogenated alkanes) is 37. The molecule has 1 atom stereocenters. The number of carbonyl (C=O) groups excluding carboxylic acids is 3. The van der Waals surface area contributed by atoms with Crippen LogP contribution in [0.3, 0.4) is 0 Å². The Morgan fingerprint density at radius 1 is 0.263 bits per heavy atom. The van der Waals surface area contributed by atoms with Crippen molar-refractivity contribution in [2.24, 2.45) is 0 Å². The van der Waals surface area contributed by atoms with Gasteiger partial charge in [0.25, 0.3) is 0 Å². The lowest BCUT2D eigenvalue weighted by Crippen LogP contribution is -2.30. The average Bonchev–Trinajstić information content (AvgIpc) is 3.42. The quantitative estimate of drug-likeness (QED) is 0.0261. The Morgan fingerprint density at radius 2 is 0.487 bits per heavy atom. The number of rotatable bonds is 60. The molecule has 0 aliphatic heterocycles. The van der Waals surface area contributed by atoms with Crippen molar-refractivity contribution in [2.75, 3.05) is 13.2 Å². The number of hydrogen-bond donors (Lipinski definition) is 0. The molecule has 0 aromatic heterocycles. The van der Waals surface area contributed by atoms with Gasteiger partial charge in [-0.2, -0.15) is 0 Å². The number of esters is 3. The largest absolute Gasteiger partial charge is 0.462 e. The van der Waals surface area contributed by atoms with E-state index in [2.05, 4.69) is 93.7 Å². The van der Waals surface area contributed by atoms with Crippen LogP contribution in [0, 0.1) is 0 Å². The van der Waals surface area contributed by atoms with Gasteiger partial charge in [-0.05, 0) is 109 Å². The van der Waals surface area contributed by atoms with Gasteiger partial charge < -0.3 is 14.2 Å². The summed E-state index contributed by atoms with van der Waals surface area (Å²) in [6.45, 7) is 6.60. The summed E-state index contributed by atoms with van der Waals surface area (Å²) < 4.78 is 16.9. The van der Waals surface area contributed by atoms with Crippen LogP contribution in [0.15, 0.2) is 72.9 Å². The van der Waals surface area contributed by atoms with Crippen LogP contribution in [0.25, 0.3) is 0 Å². The molecular formula is C70H124O6. The van der Waals surface area contributed by atoms with Gasteiger partial charge in [-0.1, -0.05) is 280 Å². The van der Waals surface area contributed by atoms with Gasteiger partial charge in [0.2, 0.25) is 0 Å². The molecule has 0 aromatic carbocycles. The van der Waals surface area contributed by atoms with Gasteiger partial charge in [-0.3, -0.25) is 14.4 Å². The minimum absolute atomic E-state index is 0.0844. The average molecular weight is 1060 g/mol. The molecule has 0 rings (SSSR count). The lowest BCUT2D eigenvalue weighted by Gasteiger charge is -2.18. The van der Waals surface area contributed by atoms with Crippen LogP contribution >= 0.6 is 0 Å². The monoisotopic (exact) mass is 1060 g/mol. The highest BCUT2D eigenvalue weighted by Crippen LogP contribution is 2.16. The molecule has 76 heavy (non-hydrogen) atoms. The Kier molecular flexibility index (Phi) is 61.7. The molecule has 0 heterocycles. The number of hydrogen-bond acceptors (Lipinski definition) is 6. The lowest BCUT2D eigenvalue weighted by atomic mass is 10.0. The molecule has 440 valence electrons. The molecule has 1 unspecified atom stereocenters. The van der Waals surface area contributed by atoms with E-state index >= 15 is 0 Å². The van der Waals surface area contributed by atoms with Crippen molar-refractivity contribution in [3.63, 3.8) is 0 Å². The molecule has 0 saturated heterocycles.